The van der Waals surface area contributed by atoms with Crippen LogP contribution in [-0.4, -0.2) is 32.3 Å². The fourth-order valence-corrected chi connectivity index (χ4v) is 4.44. The van der Waals surface area contributed by atoms with E-state index >= 15 is 0 Å². The van der Waals surface area contributed by atoms with Gasteiger partial charge in [0, 0.05) is 24.3 Å². The van der Waals surface area contributed by atoms with Gasteiger partial charge in [0.1, 0.15) is 17.3 Å². The Labute approximate surface area is 174 Å². The maximum Gasteiger partial charge on any atom is 0.339 e. The molecule has 3 atom stereocenters. The molecule has 3 unspecified atom stereocenters. The number of fused-ring (bicyclic) bond motifs is 6. The van der Waals surface area contributed by atoms with Crippen molar-refractivity contribution in [3.05, 3.63) is 83.1 Å². The fraction of sp³-hybridized carbons (Fsp3) is 0.292. The quantitative estimate of drug-likeness (QED) is 0.467. The fourth-order valence-electron chi connectivity index (χ4n) is 4.44. The molecule has 6 heteroatoms. The molecule has 30 heavy (non-hydrogen) atoms. The number of esters is 1. The minimum Gasteiger partial charge on any atom is -0.493 e. The van der Waals surface area contributed by atoms with Gasteiger partial charge in [-0.1, -0.05) is 30.4 Å². The van der Waals surface area contributed by atoms with Crippen molar-refractivity contribution in [2.24, 2.45) is 11.7 Å². The first-order chi connectivity index (χ1) is 14.7. The average molecular weight is 405 g/mol. The molecule has 0 radical (unpaired) electrons. The van der Waals surface area contributed by atoms with Crippen LogP contribution in [-0.2, 0) is 15.1 Å². The highest BCUT2D eigenvalue weighted by Gasteiger charge is 2.57. The lowest BCUT2D eigenvalue weighted by Gasteiger charge is -2.43. The second-order valence-electron chi connectivity index (χ2n) is 7.55. The Morgan fingerprint density at radius 1 is 1.13 bits per heavy atom. The summed E-state index contributed by atoms with van der Waals surface area (Å²) in [6, 6.07) is 13.2. The van der Waals surface area contributed by atoms with Crippen molar-refractivity contribution in [1.82, 2.24) is 0 Å². The van der Waals surface area contributed by atoms with E-state index in [1.54, 1.807) is 13.2 Å². The molecule has 2 aliphatic heterocycles. The zero-order chi connectivity index (χ0) is 20.7. The Hall–Kier alpha value is -3.09. The predicted molar refractivity (Wildman–Crippen MR) is 110 cm³/mol. The molecule has 2 aromatic carbocycles. The molecular weight excluding hydrogens is 382 g/mol. The lowest BCUT2D eigenvalue weighted by Crippen LogP contribution is -2.43. The van der Waals surface area contributed by atoms with Crippen LogP contribution >= 0.6 is 0 Å². The Kier molecular flexibility index (Phi) is 4.60. The molecule has 5 rings (SSSR count). The molecule has 0 saturated carbocycles. The van der Waals surface area contributed by atoms with Gasteiger partial charge in [0.2, 0.25) is 0 Å². The summed E-state index contributed by atoms with van der Waals surface area (Å²) in [5, 5.41) is 0. The first kappa shape index (κ1) is 18.9. The van der Waals surface area contributed by atoms with Crippen LogP contribution in [0.25, 0.3) is 0 Å². The third-order valence-corrected chi connectivity index (χ3v) is 5.84. The Morgan fingerprint density at radius 3 is 2.83 bits per heavy atom. The van der Waals surface area contributed by atoms with Crippen LogP contribution in [0.1, 0.15) is 27.9 Å². The van der Waals surface area contributed by atoms with Crippen LogP contribution < -0.4 is 15.2 Å². The summed E-state index contributed by atoms with van der Waals surface area (Å²) in [6.07, 6.45) is 6.45. The van der Waals surface area contributed by atoms with E-state index in [9.17, 15) is 4.79 Å². The summed E-state index contributed by atoms with van der Waals surface area (Å²) in [7, 11) is 1.65. The number of carbonyl (C=O) groups excluding carboxylic acids is 1. The van der Waals surface area contributed by atoms with Gasteiger partial charge in [0.05, 0.1) is 24.2 Å². The summed E-state index contributed by atoms with van der Waals surface area (Å²) in [6.45, 7) is 1.09. The highest BCUT2D eigenvalue weighted by molar-refractivity contribution is 5.96. The van der Waals surface area contributed by atoms with E-state index in [4.69, 9.17) is 24.7 Å². The average Bonchev–Trinajstić information content (AvgIpc) is 3.07. The van der Waals surface area contributed by atoms with Crippen molar-refractivity contribution in [2.75, 3.05) is 20.3 Å². The van der Waals surface area contributed by atoms with E-state index in [1.165, 1.54) is 0 Å². The van der Waals surface area contributed by atoms with E-state index in [2.05, 4.69) is 0 Å². The molecule has 1 aliphatic carbocycles. The van der Waals surface area contributed by atoms with Crippen molar-refractivity contribution in [3.63, 3.8) is 0 Å². The molecule has 2 heterocycles. The molecule has 154 valence electrons. The van der Waals surface area contributed by atoms with Crippen LogP contribution in [0.5, 0.6) is 11.5 Å². The highest BCUT2D eigenvalue weighted by Crippen LogP contribution is 2.56. The van der Waals surface area contributed by atoms with Crippen molar-refractivity contribution >= 4 is 5.97 Å². The molecule has 0 saturated heterocycles. The zero-order valence-electron chi connectivity index (χ0n) is 16.7. The topological polar surface area (TPSA) is 80.0 Å². The number of ether oxygens (including phenoxy) is 4. The normalized spacial score (nSPS) is 25.7. The first-order valence-corrected chi connectivity index (χ1v) is 10.1. The highest BCUT2D eigenvalue weighted by atomic mass is 16.6. The third-order valence-electron chi connectivity index (χ3n) is 5.84. The van der Waals surface area contributed by atoms with E-state index in [1.807, 2.05) is 54.6 Å². The predicted octanol–water partition coefficient (Wildman–Crippen LogP) is 3.31. The Bertz CT molecular complexity index is 1060. The number of carbonyl (C=O) groups is 1. The maximum atomic E-state index is 12.8. The lowest BCUT2D eigenvalue weighted by molar-refractivity contribution is -0.0158. The van der Waals surface area contributed by atoms with Gasteiger partial charge in [-0.2, -0.15) is 0 Å². The van der Waals surface area contributed by atoms with Gasteiger partial charge in [0.25, 0.3) is 0 Å². The minimum atomic E-state index is -0.988. The molecule has 0 aromatic heterocycles. The number of hydrogen-bond acceptors (Lipinski definition) is 6. The van der Waals surface area contributed by atoms with E-state index in [0.717, 1.165) is 17.5 Å². The first-order valence-electron chi connectivity index (χ1n) is 10.1. The lowest BCUT2D eigenvalue weighted by atomic mass is 9.71. The zero-order valence-corrected chi connectivity index (χ0v) is 16.7. The molecular formula is C24H23NO5. The van der Waals surface area contributed by atoms with Crippen molar-refractivity contribution < 1.29 is 23.7 Å². The third kappa shape index (κ3) is 2.75. The van der Waals surface area contributed by atoms with Crippen LogP contribution in [0, 0.1) is 5.92 Å². The van der Waals surface area contributed by atoms with Gasteiger partial charge in [-0.25, -0.2) is 4.79 Å². The number of nitrogens with two attached hydrogens (primary N) is 1. The summed E-state index contributed by atoms with van der Waals surface area (Å²) in [4.78, 5) is 12.8. The SMILES string of the molecule is COC1C=CC2C(=C1)Oc1cc(OCCCN)ccc1C21OC(=O)c2ccccc21. The van der Waals surface area contributed by atoms with Gasteiger partial charge in [-0.05, 0) is 37.2 Å². The number of hydrogen-bond donors (Lipinski definition) is 1. The van der Waals surface area contributed by atoms with E-state index in [-0.39, 0.29) is 18.0 Å². The van der Waals surface area contributed by atoms with Crippen LogP contribution in [0.3, 0.4) is 0 Å². The van der Waals surface area contributed by atoms with Gasteiger partial charge < -0.3 is 24.7 Å². The summed E-state index contributed by atoms with van der Waals surface area (Å²) < 4.78 is 23.7. The van der Waals surface area contributed by atoms with E-state index < -0.39 is 5.60 Å². The molecule has 3 aliphatic rings. The Balaban J connectivity index is 1.67. The molecule has 0 bridgehead atoms. The van der Waals surface area contributed by atoms with Crippen molar-refractivity contribution in [1.29, 1.82) is 0 Å². The monoisotopic (exact) mass is 405 g/mol. The van der Waals surface area contributed by atoms with Crippen molar-refractivity contribution in [2.45, 2.75) is 18.1 Å². The molecule has 1 spiro atoms. The molecule has 0 fully saturated rings. The van der Waals surface area contributed by atoms with Crippen LogP contribution in [0.2, 0.25) is 0 Å². The standard InChI is InChI=1S/C24H23NO5/c1-27-15-7-9-19-21(13-15)29-22-14-16(28-12-4-11-25)8-10-20(22)24(19)18-6-3-2-5-17(18)23(26)30-24/h2-3,5-10,13-15,19H,4,11-12,25H2,1H3. The summed E-state index contributed by atoms with van der Waals surface area (Å²) in [5.74, 6) is 1.37. The molecule has 6 nitrogen and oxygen atoms in total. The number of benzene rings is 2. The van der Waals surface area contributed by atoms with E-state index in [0.29, 0.717) is 36.0 Å². The number of rotatable bonds is 5. The van der Waals surface area contributed by atoms with Gasteiger partial charge in [-0.15, -0.1) is 0 Å². The molecule has 2 N–H and O–H groups in total. The van der Waals surface area contributed by atoms with Gasteiger partial charge in [0.15, 0.2) is 5.60 Å². The van der Waals surface area contributed by atoms with Gasteiger partial charge in [-0.3, -0.25) is 0 Å². The van der Waals surface area contributed by atoms with Crippen LogP contribution in [0.15, 0.2) is 66.5 Å². The largest absolute Gasteiger partial charge is 0.493 e. The minimum absolute atomic E-state index is 0.203. The van der Waals surface area contributed by atoms with Crippen molar-refractivity contribution in [3.8, 4) is 11.5 Å². The van der Waals surface area contributed by atoms with Crippen LogP contribution in [0.4, 0.5) is 0 Å². The molecule has 0 amide bonds. The smallest absolute Gasteiger partial charge is 0.339 e. The summed E-state index contributed by atoms with van der Waals surface area (Å²) in [5.41, 5.74) is 6.79. The van der Waals surface area contributed by atoms with Gasteiger partial charge >= 0.3 is 5.97 Å². The second kappa shape index (κ2) is 7.31. The summed E-state index contributed by atoms with van der Waals surface area (Å²) >= 11 is 0. The molecule has 2 aromatic rings. The number of methoxy groups -OCH3 is 1. The maximum absolute atomic E-state index is 12.8. The second-order valence-corrected chi connectivity index (χ2v) is 7.55. The Morgan fingerprint density at radius 2 is 2.00 bits per heavy atom.